The molecule has 2 rings (SSSR count). The van der Waals surface area contributed by atoms with E-state index in [0.717, 1.165) is 0 Å². The lowest BCUT2D eigenvalue weighted by Gasteiger charge is -2.24. The van der Waals surface area contributed by atoms with Crippen LogP contribution < -0.4 is 0 Å². The molecule has 0 spiro atoms. The first-order valence-corrected chi connectivity index (χ1v) is 4.95. The average Bonchev–Trinajstić information content (AvgIpc) is 2.49. The Labute approximate surface area is 80.4 Å². The van der Waals surface area contributed by atoms with Crippen LogP contribution in [0, 0.1) is 0 Å². The van der Waals surface area contributed by atoms with Crippen LogP contribution in [0.3, 0.4) is 0 Å². The van der Waals surface area contributed by atoms with Crippen molar-refractivity contribution in [1.82, 2.24) is 4.90 Å². The largest absolute Gasteiger partial charge is 0.305 e. The maximum Gasteiger partial charge on any atom is 0.00734 e. The molecule has 1 aromatic rings. The van der Waals surface area contributed by atoms with Crippen LogP contribution in [0.25, 0.3) is 0 Å². The van der Waals surface area contributed by atoms with Crippen molar-refractivity contribution < 1.29 is 0 Å². The van der Waals surface area contributed by atoms with Gasteiger partial charge in [-0.15, -0.1) is 0 Å². The van der Waals surface area contributed by atoms with Crippen LogP contribution >= 0.6 is 0 Å². The van der Waals surface area contributed by atoms with E-state index >= 15 is 0 Å². The quantitative estimate of drug-likeness (QED) is 0.633. The molecule has 70 valence electrons. The molecule has 1 fully saturated rings. The Hall–Kier alpha value is -0.820. The Morgan fingerprint density at radius 3 is 2.46 bits per heavy atom. The van der Waals surface area contributed by atoms with Gasteiger partial charge in [0.2, 0.25) is 0 Å². The molecule has 0 aliphatic carbocycles. The first-order valence-electron chi connectivity index (χ1n) is 4.95. The Bertz CT molecular complexity index is 280. The molecule has 0 amide bonds. The molecule has 1 atom stereocenters. The molecule has 1 nitrogen and oxygen atoms in total. The van der Waals surface area contributed by atoms with Crippen molar-refractivity contribution in [2.75, 3.05) is 20.1 Å². The summed E-state index contributed by atoms with van der Waals surface area (Å²) in [5.41, 5.74) is 1.87. The third-order valence-electron chi connectivity index (χ3n) is 3.13. The molecule has 0 bridgehead atoms. The molecule has 13 heavy (non-hydrogen) atoms. The van der Waals surface area contributed by atoms with Gasteiger partial charge in [-0.05, 0) is 25.6 Å². The predicted octanol–water partition coefficient (Wildman–Crippen LogP) is 2.28. The molecule has 0 aromatic heterocycles. The summed E-state index contributed by atoms with van der Waals surface area (Å²) < 4.78 is 0. The summed E-state index contributed by atoms with van der Waals surface area (Å²) in [7, 11) is 2.20. The first-order chi connectivity index (χ1) is 6.21. The van der Waals surface area contributed by atoms with E-state index in [-0.39, 0.29) is 0 Å². The third-order valence-corrected chi connectivity index (χ3v) is 3.13. The molecule has 1 aliphatic heterocycles. The lowest BCUT2D eigenvalue weighted by Crippen LogP contribution is -2.25. The van der Waals surface area contributed by atoms with Gasteiger partial charge in [0.05, 0.1) is 0 Å². The van der Waals surface area contributed by atoms with E-state index in [1.54, 1.807) is 0 Å². The van der Waals surface area contributed by atoms with Crippen LogP contribution in [-0.4, -0.2) is 25.0 Å². The highest BCUT2D eigenvalue weighted by molar-refractivity contribution is 5.26. The number of nitrogens with zero attached hydrogens (tertiary/aromatic N) is 1. The summed E-state index contributed by atoms with van der Waals surface area (Å²) in [5, 5.41) is 0. The second-order valence-electron chi connectivity index (χ2n) is 4.41. The first kappa shape index (κ1) is 8.76. The molecule has 1 heteroatoms. The molecule has 1 aromatic carbocycles. The fraction of sp³-hybridized carbons (Fsp3) is 0.500. The van der Waals surface area contributed by atoms with Gasteiger partial charge >= 0.3 is 0 Å². The SMILES string of the molecule is CN1CC[C@@](C)(c2ccccc2)C1. The summed E-state index contributed by atoms with van der Waals surface area (Å²) in [6.07, 6.45) is 1.29. The van der Waals surface area contributed by atoms with Gasteiger partial charge < -0.3 is 4.90 Å². The van der Waals surface area contributed by atoms with Crippen LogP contribution in [0.5, 0.6) is 0 Å². The average molecular weight is 175 g/mol. The molecule has 1 aliphatic rings. The van der Waals surface area contributed by atoms with Crippen molar-refractivity contribution in [2.45, 2.75) is 18.8 Å². The van der Waals surface area contributed by atoms with Gasteiger partial charge in [-0.2, -0.15) is 0 Å². The van der Waals surface area contributed by atoms with E-state index in [0.29, 0.717) is 5.41 Å². The fourth-order valence-corrected chi connectivity index (χ4v) is 2.27. The number of likely N-dealkylation sites (tertiary alicyclic amines) is 1. The molecule has 0 radical (unpaired) electrons. The highest BCUT2D eigenvalue weighted by Crippen LogP contribution is 2.32. The minimum absolute atomic E-state index is 0.385. The monoisotopic (exact) mass is 175 g/mol. The van der Waals surface area contributed by atoms with Crippen molar-refractivity contribution in [3.05, 3.63) is 35.9 Å². The number of rotatable bonds is 1. The maximum atomic E-state index is 2.41. The zero-order chi connectivity index (χ0) is 9.31. The van der Waals surface area contributed by atoms with Crippen LogP contribution in [0.4, 0.5) is 0 Å². The Morgan fingerprint density at radius 1 is 1.23 bits per heavy atom. The van der Waals surface area contributed by atoms with Crippen LogP contribution in [-0.2, 0) is 5.41 Å². The molecule has 1 heterocycles. The molecule has 0 saturated carbocycles. The molecule has 1 saturated heterocycles. The minimum atomic E-state index is 0.385. The van der Waals surface area contributed by atoms with E-state index in [9.17, 15) is 0 Å². The van der Waals surface area contributed by atoms with E-state index in [4.69, 9.17) is 0 Å². The van der Waals surface area contributed by atoms with E-state index in [1.807, 2.05) is 0 Å². The van der Waals surface area contributed by atoms with Crippen molar-refractivity contribution >= 4 is 0 Å². The highest BCUT2D eigenvalue weighted by atomic mass is 15.1. The Kier molecular flexibility index (Phi) is 2.12. The molecule has 0 unspecified atom stereocenters. The lowest BCUT2D eigenvalue weighted by atomic mass is 9.82. The number of likely N-dealkylation sites (N-methyl/N-ethyl adjacent to an activating group) is 1. The summed E-state index contributed by atoms with van der Waals surface area (Å²) in [6, 6.07) is 10.9. The van der Waals surface area contributed by atoms with Crippen molar-refractivity contribution in [3.63, 3.8) is 0 Å². The van der Waals surface area contributed by atoms with Gasteiger partial charge in [-0.25, -0.2) is 0 Å². The fourth-order valence-electron chi connectivity index (χ4n) is 2.27. The zero-order valence-electron chi connectivity index (χ0n) is 8.46. The molecular weight excluding hydrogens is 158 g/mol. The van der Waals surface area contributed by atoms with E-state index in [1.165, 1.54) is 25.1 Å². The predicted molar refractivity (Wildman–Crippen MR) is 55.9 cm³/mol. The number of hydrogen-bond acceptors (Lipinski definition) is 1. The topological polar surface area (TPSA) is 3.24 Å². The molecular formula is C12H17N. The summed E-state index contributed by atoms with van der Waals surface area (Å²) >= 11 is 0. The summed E-state index contributed by atoms with van der Waals surface area (Å²) in [6.45, 7) is 4.79. The lowest BCUT2D eigenvalue weighted by molar-refractivity contribution is 0.381. The normalized spacial score (nSPS) is 29.4. The minimum Gasteiger partial charge on any atom is -0.305 e. The summed E-state index contributed by atoms with van der Waals surface area (Å²) in [4.78, 5) is 2.41. The molecule has 0 N–H and O–H groups in total. The smallest absolute Gasteiger partial charge is 0.00734 e. The van der Waals surface area contributed by atoms with Crippen molar-refractivity contribution in [1.29, 1.82) is 0 Å². The van der Waals surface area contributed by atoms with Gasteiger partial charge in [0.1, 0.15) is 0 Å². The second kappa shape index (κ2) is 3.15. The van der Waals surface area contributed by atoms with Crippen LogP contribution in [0.1, 0.15) is 18.9 Å². The van der Waals surface area contributed by atoms with Gasteiger partial charge in [0.15, 0.2) is 0 Å². The summed E-state index contributed by atoms with van der Waals surface area (Å²) in [5.74, 6) is 0. The Morgan fingerprint density at radius 2 is 1.92 bits per heavy atom. The van der Waals surface area contributed by atoms with Gasteiger partial charge in [0.25, 0.3) is 0 Å². The maximum absolute atomic E-state index is 2.41. The number of benzene rings is 1. The van der Waals surface area contributed by atoms with E-state index in [2.05, 4.69) is 49.2 Å². The van der Waals surface area contributed by atoms with Crippen LogP contribution in [0.2, 0.25) is 0 Å². The van der Waals surface area contributed by atoms with E-state index < -0.39 is 0 Å². The Balaban J connectivity index is 2.26. The third kappa shape index (κ3) is 1.61. The standard InChI is InChI=1S/C12H17N/c1-12(8-9-13(2)10-12)11-6-4-3-5-7-11/h3-7H,8-10H2,1-2H3/t12-/m1/s1. The van der Waals surface area contributed by atoms with Crippen molar-refractivity contribution in [2.24, 2.45) is 0 Å². The second-order valence-corrected chi connectivity index (χ2v) is 4.41. The highest BCUT2D eigenvalue weighted by Gasteiger charge is 2.33. The van der Waals surface area contributed by atoms with Gasteiger partial charge in [-0.1, -0.05) is 37.3 Å². The van der Waals surface area contributed by atoms with Gasteiger partial charge in [-0.3, -0.25) is 0 Å². The van der Waals surface area contributed by atoms with Crippen LogP contribution in [0.15, 0.2) is 30.3 Å². The van der Waals surface area contributed by atoms with Gasteiger partial charge in [0, 0.05) is 12.0 Å². The zero-order valence-corrected chi connectivity index (χ0v) is 8.46. The number of hydrogen-bond donors (Lipinski definition) is 0. The van der Waals surface area contributed by atoms with Crippen molar-refractivity contribution in [3.8, 4) is 0 Å².